The summed E-state index contributed by atoms with van der Waals surface area (Å²) in [4.78, 5) is 12.8. The number of carboxylic acid groups (broad SMARTS) is 1. The summed E-state index contributed by atoms with van der Waals surface area (Å²) < 4.78 is 13.2. The first-order chi connectivity index (χ1) is 8.97. The number of hydrogen-bond donors (Lipinski definition) is 1. The molecule has 0 aliphatic carbocycles. The summed E-state index contributed by atoms with van der Waals surface area (Å²) in [5.41, 5.74) is 0.817. The van der Waals surface area contributed by atoms with Gasteiger partial charge in [0.2, 0.25) is 0 Å². The Morgan fingerprint density at radius 1 is 1.58 bits per heavy atom. The van der Waals surface area contributed by atoms with Crippen LogP contribution < -0.4 is 0 Å². The molecular formula is C14H17FN2O2. The fraction of sp³-hybridized carbons (Fsp3) is 0.429. The summed E-state index contributed by atoms with van der Waals surface area (Å²) in [6, 6.07) is 6.18. The van der Waals surface area contributed by atoms with Gasteiger partial charge in [-0.2, -0.15) is 5.26 Å². The zero-order valence-corrected chi connectivity index (χ0v) is 11.1. The quantitative estimate of drug-likeness (QED) is 0.855. The largest absolute Gasteiger partial charge is 0.481 e. The number of halogens is 1. The van der Waals surface area contributed by atoms with Gasteiger partial charge in [0, 0.05) is 13.1 Å². The number of aliphatic carboxylic acids is 1. The molecule has 0 fully saturated rings. The molecule has 0 heterocycles. The van der Waals surface area contributed by atoms with E-state index < -0.39 is 17.7 Å². The van der Waals surface area contributed by atoms with Gasteiger partial charge in [-0.15, -0.1) is 0 Å². The van der Waals surface area contributed by atoms with Crippen molar-refractivity contribution in [2.24, 2.45) is 5.92 Å². The minimum absolute atomic E-state index is 0.0137. The van der Waals surface area contributed by atoms with Crippen LogP contribution in [-0.4, -0.2) is 29.1 Å². The van der Waals surface area contributed by atoms with Crippen molar-refractivity contribution in [2.75, 3.05) is 13.1 Å². The Balaban J connectivity index is 2.76. The van der Waals surface area contributed by atoms with Crippen LogP contribution in [-0.2, 0) is 11.3 Å². The number of nitrogens with zero attached hydrogens (tertiary/aromatic N) is 2. The molecule has 0 saturated carbocycles. The van der Waals surface area contributed by atoms with Gasteiger partial charge in [-0.05, 0) is 24.2 Å². The Morgan fingerprint density at radius 2 is 2.26 bits per heavy atom. The first-order valence-corrected chi connectivity index (χ1v) is 6.11. The zero-order valence-electron chi connectivity index (χ0n) is 11.1. The molecule has 1 rings (SSSR count). The van der Waals surface area contributed by atoms with Gasteiger partial charge in [0.15, 0.2) is 0 Å². The normalized spacial score (nSPS) is 12.2. The van der Waals surface area contributed by atoms with Crippen molar-refractivity contribution in [3.8, 4) is 6.07 Å². The molecule has 1 aromatic rings. The van der Waals surface area contributed by atoms with E-state index in [1.165, 1.54) is 12.1 Å². The van der Waals surface area contributed by atoms with E-state index in [-0.39, 0.29) is 5.56 Å². The maximum Gasteiger partial charge on any atom is 0.307 e. The number of hydrogen-bond acceptors (Lipinski definition) is 3. The van der Waals surface area contributed by atoms with E-state index in [4.69, 9.17) is 10.4 Å². The van der Waals surface area contributed by atoms with Crippen LogP contribution in [0.2, 0.25) is 0 Å². The lowest BCUT2D eigenvalue weighted by Crippen LogP contribution is -2.31. The second-order valence-electron chi connectivity index (χ2n) is 4.49. The van der Waals surface area contributed by atoms with Gasteiger partial charge in [0.25, 0.3) is 0 Å². The van der Waals surface area contributed by atoms with E-state index in [0.29, 0.717) is 19.6 Å². The molecule has 0 amide bonds. The fourth-order valence-electron chi connectivity index (χ4n) is 1.79. The van der Waals surface area contributed by atoms with E-state index in [2.05, 4.69) is 0 Å². The Bertz CT molecular complexity index is 497. The average molecular weight is 264 g/mol. The van der Waals surface area contributed by atoms with E-state index in [9.17, 15) is 9.18 Å². The van der Waals surface area contributed by atoms with Crippen LogP contribution in [0.4, 0.5) is 4.39 Å². The molecule has 4 nitrogen and oxygen atoms in total. The smallest absolute Gasteiger partial charge is 0.307 e. The lowest BCUT2D eigenvalue weighted by Gasteiger charge is -2.22. The lowest BCUT2D eigenvalue weighted by atomic mass is 10.1. The molecule has 19 heavy (non-hydrogen) atoms. The molecule has 0 aliphatic rings. The van der Waals surface area contributed by atoms with Gasteiger partial charge in [0.1, 0.15) is 11.9 Å². The standard InChI is InChI=1S/C14H17FN2O2/c1-3-17(8-10(2)14(18)19)9-11-4-5-13(15)12(6-11)7-16/h4-6,10H,3,8-9H2,1-2H3,(H,18,19). The highest BCUT2D eigenvalue weighted by Gasteiger charge is 2.15. The first kappa shape index (κ1) is 15.1. The van der Waals surface area contributed by atoms with Crippen LogP contribution in [0, 0.1) is 23.1 Å². The van der Waals surface area contributed by atoms with Crippen LogP contribution in [0.1, 0.15) is 25.0 Å². The minimum Gasteiger partial charge on any atom is -0.481 e. The Kier molecular flexibility index (Phi) is 5.46. The van der Waals surface area contributed by atoms with Crippen molar-refractivity contribution in [1.29, 1.82) is 5.26 Å². The third kappa shape index (κ3) is 4.34. The third-order valence-electron chi connectivity index (χ3n) is 2.96. The van der Waals surface area contributed by atoms with Crippen molar-refractivity contribution in [2.45, 2.75) is 20.4 Å². The number of nitriles is 1. The topological polar surface area (TPSA) is 64.3 Å². The van der Waals surface area contributed by atoms with Gasteiger partial charge in [-0.1, -0.05) is 19.9 Å². The molecule has 5 heteroatoms. The predicted molar refractivity (Wildman–Crippen MR) is 68.9 cm³/mol. The summed E-state index contributed by atoms with van der Waals surface area (Å²) in [6.07, 6.45) is 0. The van der Waals surface area contributed by atoms with Crippen molar-refractivity contribution in [1.82, 2.24) is 4.90 Å². The molecule has 0 bridgehead atoms. The predicted octanol–water partition coefficient (Wildman–Crippen LogP) is 2.24. The summed E-state index contributed by atoms with van der Waals surface area (Å²) in [5.74, 6) is -1.83. The lowest BCUT2D eigenvalue weighted by molar-refractivity contribution is -0.141. The van der Waals surface area contributed by atoms with E-state index in [1.54, 1.807) is 19.1 Å². The van der Waals surface area contributed by atoms with E-state index >= 15 is 0 Å². The van der Waals surface area contributed by atoms with Gasteiger partial charge in [-0.3, -0.25) is 9.69 Å². The highest BCUT2D eigenvalue weighted by molar-refractivity contribution is 5.69. The number of benzene rings is 1. The molecule has 1 unspecified atom stereocenters. The molecule has 102 valence electrons. The second kappa shape index (κ2) is 6.86. The van der Waals surface area contributed by atoms with Crippen molar-refractivity contribution >= 4 is 5.97 Å². The highest BCUT2D eigenvalue weighted by Crippen LogP contribution is 2.12. The van der Waals surface area contributed by atoms with E-state index in [0.717, 1.165) is 5.56 Å². The molecule has 1 aromatic carbocycles. The molecule has 0 saturated heterocycles. The summed E-state index contributed by atoms with van der Waals surface area (Å²) in [6.45, 7) is 5.20. The van der Waals surface area contributed by atoms with Crippen LogP contribution in [0.25, 0.3) is 0 Å². The van der Waals surface area contributed by atoms with Crippen LogP contribution in [0.15, 0.2) is 18.2 Å². The van der Waals surface area contributed by atoms with E-state index in [1.807, 2.05) is 11.8 Å². The Morgan fingerprint density at radius 3 is 2.79 bits per heavy atom. The number of carboxylic acids is 1. The first-order valence-electron chi connectivity index (χ1n) is 6.11. The summed E-state index contributed by atoms with van der Waals surface area (Å²) >= 11 is 0. The monoisotopic (exact) mass is 264 g/mol. The second-order valence-corrected chi connectivity index (χ2v) is 4.49. The van der Waals surface area contributed by atoms with Gasteiger partial charge in [-0.25, -0.2) is 4.39 Å². The number of carbonyl (C=O) groups is 1. The summed E-state index contributed by atoms with van der Waals surface area (Å²) in [5, 5.41) is 17.7. The maximum atomic E-state index is 13.2. The minimum atomic E-state index is -0.838. The van der Waals surface area contributed by atoms with Gasteiger partial charge in [0.05, 0.1) is 11.5 Å². The maximum absolute atomic E-state index is 13.2. The Hall–Kier alpha value is -1.93. The van der Waals surface area contributed by atoms with Crippen molar-refractivity contribution in [3.05, 3.63) is 35.1 Å². The molecule has 0 spiro atoms. The molecule has 1 atom stereocenters. The van der Waals surface area contributed by atoms with Crippen LogP contribution in [0.5, 0.6) is 0 Å². The van der Waals surface area contributed by atoms with Crippen molar-refractivity contribution < 1.29 is 14.3 Å². The molecule has 0 aromatic heterocycles. The van der Waals surface area contributed by atoms with Crippen LogP contribution >= 0.6 is 0 Å². The fourth-order valence-corrected chi connectivity index (χ4v) is 1.79. The SMILES string of the molecule is CCN(Cc1ccc(F)c(C#N)c1)CC(C)C(=O)O. The highest BCUT2D eigenvalue weighted by atomic mass is 19.1. The Labute approximate surface area is 112 Å². The van der Waals surface area contributed by atoms with Gasteiger partial charge >= 0.3 is 5.97 Å². The third-order valence-corrected chi connectivity index (χ3v) is 2.96. The molecule has 1 N–H and O–H groups in total. The van der Waals surface area contributed by atoms with Gasteiger partial charge < -0.3 is 5.11 Å². The molecular weight excluding hydrogens is 247 g/mol. The average Bonchev–Trinajstić information content (AvgIpc) is 2.39. The molecule has 0 radical (unpaired) electrons. The van der Waals surface area contributed by atoms with Crippen molar-refractivity contribution in [3.63, 3.8) is 0 Å². The summed E-state index contributed by atoms with van der Waals surface area (Å²) in [7, 11) is 0. The zero-order chi connectivity index (χ0) is 14.4. The molecule has 0 aliphatic heterocycles. The number of rotatable bonds is 6. The van der Waals surface area contributed by atoms with Crippen LogP contribution in [0.3, 0.4) is 0 Å².